The van der Waals surface area contributed by atoms with E-state index in [4.69, 9.17) is 13.9 Å². The molecule has 1 aliphatic rings. The van der Waals surface area contributed by atoms with E-state index in [0.29, 0.717) is 13.2 Å². The highest BCUT2D eigenvalue weighted by Gasteiger charge is 2.51. The fourth-order valence-corrected chi connectivity index (χ4v) is 10.7. The van der Waals surface area contributed by atoms with Crippen LogP contribution in [-0.2, 0) is 25.3 Å². The molecule has 0 fully saturated rings. The maximum atomic E-state index is 11.5. The van der Waals surface area contributed by atoms with E-state index < -0.39 is 8.32 Å². The van der Waals surface area contributed by atoms with Crippen LogP contribution in [0.5, 0.6) is 0 Å². The Morgan fingerprint density at radius 3 is 1.89 bits per heavy atom. The van der Waals surface area contributed by atoms with Crippen molar-refractivity contribution < 1.29 is 18.7 Å². The first-order chi connectivity index (χ1) is 17.8. The molecule has 194 valence electrons. The van der Waals surface area contributed by atoms with Crippen molar-refractivity contribution in [3.63, 3.8) is 0 Å². The summed E-state index contributed by atoms with van der Waals surface area (Å²) >= 11 is 1.71. The minimum absolute atomic E-state index is 0.0518. The molecule has 6 heteroatoms. The number of carbonyl (C=O) groups is 1. The van der Waals surface area contributed by atoms with Crippen LogP contribution in [0.15, 0.2) is 102 Å². The van der Waals surface area contributed by atoms with Crippen molar-refractivity contribution in [2.24, 2.45) is 0 Å². The zero-order chi connectivity index (χ0) is 26.3. The molecule has 4 nitrogen and oxygen atoms in total. The Morgan fingerprint density at radius 2 is 1.38 bits per heavy atom. The predicted octanol–water partition coefficient (Wildman–Crippen LogP) is 5.71. The normalized spacial score (nSPS) is 17.9. The third kappa shape index (κ3) is 6.44. The summed E-state index contributed by atoms with van der Waals surface area (Å²) in [4.78, 5) is 11.5. The highest BCUT2D eigenvalue weighted by Crippen LogP contribution is 2.39. The van der Waals surface area contributed by atoms with Gasteiger partial charge in [-0.05, 0) is 26.4 Å². The average Bonchev–Trinajstić information content (AvgIpc) is 3.29. The molecule has 3 aromatic carbocycles. The highest BCUT2D eigenvalue weighted by atomic mass is 32.2. The lowest BCUT2D eigenvalue weighted by Crippen LogP contribution is -2.67. The fourth-order valence-electron chi connectivity index (χ4n) is 4.92. The molecule has 0 spiro atoms. The maximum Gasteiger partial charge on any atom is 0.302 e. The Labute approximate surface area is 226 Å². The molecule has 0 aliphatic carbocycles. The van der Waals surface area contributed by atoms with E-state index in [2.05, 4.69) is 99.0 Å². The molecule has 0 saturated carbocycles. The number of rotatable bonds is 10. The number of ether oxygens (including phenoxy) is 2. The molecule has 0 N–H and O–H groups in total. The van der Waals surface area contributed by atoms with Gasteiger partial charge in [-0.3, -0.25) is 4.79 Å². The van der Waals surface area contributed by atoms with E-state index in [0.717, 1.165) is 11.1 Å². The molecular weight excluding hydrogens is 496 g/mol. The summed E-state index contributed by atoms with van der Waals surface area (Å²) in [5.41, 5.74) is 2.09. The SMILES string of the molecule is CC(=O)OCC1=CS[C@H](CO[Si](c2ccccc2)(c2ccccc2)C(C)(C)C)[C@H]1OCc1ccccc1. The molecule has 0 amide bonds. The molecule has 0 saturated heterocycles. The van der Waals surface area contributed by atoms with Gasteiger partial charge in [0.05, 0.1) is 18.0 Å². The molecular formula is C31H36O4SSi. The van der Waals surface area contributed by atoms with Gasteiger partial charge in [0.2, 0.25) is 0 Å². The summed E-state index contributed by atoms with van der Waals surface area (Å²) in [5.74, 6) is -0.292. The van der Waals surface area contributed by atoms with Crippen LogP contribution in [0.4, 0.5) is 0 Å². The third-order valence-corrected chi connectivity index (χ3v) is 12.9. The van der Waals surface area contributed by atoms with Crippen LogP contribution in [0.3, 0.4) is 0 Å². The van der Waals surface area contributed by atoms with Gasteiger partial charge in [0.25, 0.3) is 8.32 Å². The smallest absolute Gasteiger partial charge is 0.302 e. The summed E-state index contributed by atoms with van der Waals surface area (Å²) < 4.78 is 19.0. The van der Waals surface area contributed by atoms with Gasteiger partial charge in [-0.2, -0.15) is 0 Å². The number of esters is 1. The van der Waals surface area contributed by atoms with E-state index in [-0.39, 0.29) is 29.0 Å². The largest absolute Gasteiger partial charge is 0.461 e. The first-order valence-corrected chi connectivity index (χ1v) is 15.5. The van der Waals surface area contributed by atoms with Gasteiger partial charge in [-0.25, -0.2) is 0 Å². The van der Waals surface area contributed by atoms with Crippen LogP contribution < -0.4 is 10.4 Å². The Balaban J connectivity index is 1.62. The Morgan fingerprint density at radius 1 is 0.838 bits per heavy atom. The number of thioether (sulfide) groups is 1. The van der Waals surface area contributed by atoms with E-state index >= 15 is 0 Å². The van der Waals surface area contributed by atoms with Gasteiger partial charge >= 0.3 is 5.97 Å². The Hall–Kier alpha value is -2.64. The summed E-state index contributed by atoms with van der Waals surface area (Å²) in [5, 5.41) is 4.54. The van der Waals surface area contributed by atoms with E-state index in [1.807, 2.05) is 18.2 Å². The summed E-state index contributed by atoms with van der Waals surface area (Å²) in [7, 11) is -2.67. The lowest BCUT2D eigenvalue weighted by atomic mass is 10.1. The molecule has 3 aromatic rings. The summed E-state index contributed by atoms with van der Waals surface area (Å²) in [6.07, 6.45) is -0.206. The second-order valence-corrected chi connectivity index (χ2v) is 15.8. The number of carbonyl (C=O) groups excluding carboxylic acids is 1. The van der Waals surface area contributed by atoms with Gasteiger partial charge in [0.15, 0.2) is 0 Å². The van der Waals surface area contributed by atoms with Crippen LogP contribution in [0, 0.1) is 0 Å². The van der Waals surface area contributed by atoms with Crippen molar-refractivity contribution in [1.82, 2.24) is 0 Å². The molecule has 37 heavy (non-hydrogen) atoms. The monoisotopic (exact) mass is 532 g/mol. The van der Waals surface area contributed by atoms with E-state index in [9.17, 15) is 4.79 Å². The minimum atomic E-state index is -2.67. The van der Waals surface area contributed by atoms with Crippen molar-refractivity contribution >= 4 is 36.4 Å². The van der Waals surface area contributed by atoms with Gasteiger partial charge in [-0.1, -0.05) is 112 Å². The number of benzene rings is 3. The highest BCUT2D eigenvalue weighted by molar-refractivity contribution is 8.03. The van der Waals surface area contributed by atoms with Crippen molar-refractivity contribution in [3.8, 4) is 0 Å². The molecule has 0 aromatic heterocycles. The lowest BCUT2D eigenvalue weighted by molar-refractivity contribution is -0.140. The van der Waals surface area contributed by atoms with Crippen LogP contribution in [-0.4, -0.2) is 38.9 Å². The fraction of sp³-hybridized carbons (Fsp3) is 0.323. The molecule has 1 heterocycles. The number of hydrogen-bond donors (Lipinski definition) is 0. The topological polar surface area (TPSA) is 44.8 Å². The predicted molar refractivity (Wildman–Crippen MR) is 155 cm³/mol. The first-order valence-electron chi connectivity index (χ1n) is 12.7. The van der Waals surface area contributed by atoms with Gasteiger partial charge < -0.3 is 13.9 Å². The average molecular weight is 533 g/mol. The number of hydrogen-bond acceptors (Lipinski definition) is 5. The quantitative estimate of drug-likeness (QED) is 0.247. The molecule has 0 unspecified atom stereocenters. The molecule has 2 atom stereocenters. The molecule has 4 rings (SSSR count). The van der Waals surface area contributed by atoms with Crippen LogP contribution in [0.1, 0.15) is 33.3 Å². The minimum Gasteiger partial charge on any atom is -0.461 e. The standard InChI is InChI=1S/C31H36O4SSi/c1-24(32)33-21-26-23-36-29(30(26)34-20-25-14-8-5-9-15-25)22-35-37(31(2,3)4,27-16-10-6-11-17-27)28-18-12-7-13-19-28/h5-19,23,29-30H,20-22H2,1-4H3/t29-,30+/m1/s1. The Bertz CT molecular complexity index is 1140. The van der Waals surface area contributed by atoms with Crippen LogP contribution >= 0.6 is 11.8 Å². The second-order valence-electron chi connectivity index (χ2n) is 10.3. The van der Waals surface area contributed by atoms with Crippen molar-refractivity contribution in [2.45, 2.75) is 50.7 Å². The van der Waals surface area contributed by atoms with Gasteiger partial charge in [0.1, 0.15) is 6.61 Å². The van der Waals surface area contributed by atoms with E-state index in [1.54, 1.807) is 11.8 Å². The van der Waals surface area contributed by atoms with Crippen molar-refractivity contribution in [1.29, 1.82) is 0 Å². The molecule has 1 aliphatic heterocycles. The van der Waals surface area contributed by atoms with E-state index in [1.165, 1.54) is 17.3 Å². The zero-order valence-corrected chi connectivity index (χ0v) is 23.9. The lowest BCUT2D eigenvalue weighted by Gasteiger charge is -2.43. The van der Waals surface area contributed by atoms with Crippen LogP contribution in [0.2, 0.25) is 5.04 Å². The summed E-state index contributed by atoms with van der Waals surface area (Å²) in [6, 6.07) is 31.5. The Kier molecular flexibility index (Phi) is 9.08. The summed E-state index contributed by atoms with van der Waals surface area (Å²) in [6.45, 7) is 9.54. The third-order valence-electron chi connectivity index (χ3n) is 6.69. The maximum absolute atomic E-state index is 11.5. The second kappa shape index (κ2) is 12.3. The molecule has 0 radical (unpaired) electrons. The zero-order valence-electron chi connectivity index (χ0n) is 22.1. The van der Waals surface area contributed by atoms with Crippen LogP contribution in [0.25, 0.3) is 0 Å². The van der Waals surface area contributed by atoms with Crippen molar-refractivity contribution in [2.75, 3.05) is 13.2 Å². The van der Waals surface area contributed by atoms with Gasteiger partial charge in [0, 0.05) is 19.1 Å². The molecule has 0 bridgehead atoms. The van der Waals surface area contributed by atoms with Gasteiger partial charge in [-0.15, -0.1) is 11.8 Å². The first kappa shape index (κ1) is 27.4. The van der Waals surface area contributed by atoms with Crippen molar-refractivity contribution in [3.05, 3.63) is 108 Å².